The third-order valence-corrected chi connectivity index (χ3v) is 5.04. The number of carbonyl (C=O) groups excluding carboxylic acids is 1. The van der Waals surface area contributed by atoms with E-state index in [0.29, 0.717) is 10.0 Å². The number of hydrazone groups is 1. The molecule has 1 amide bonds. The maximum Gasteiger partial charge on any atom is 0.247 e. The van der Waals surface area contributed by atoms with E-state index in [1.165, 1.54) is 6.21 Å². The average Bonchev–Trinajstić information content (AvgIpc) is 2.69. The summed E-state index contributed by atoms with van der Waals surface area (Å²) >= 11 is 11.8. The number of nitrogens with zero attached hydrogens (tertiary/aromatic N) is 1. The Morgan fingerprint density at radius 3 is 2.52 bits per heavy atom. The highest BCUT2D eigenvalue weighted by Gasteiger charge is 2.15. The van der Waals surface area contributed by atoms with Crippen LogP contribution in [0.3, 0.4) is 0 Å². The number of amides is 1. The minimum Gasteiger partial charge on any atom is -0.497 e. The molecule has 0 aliphatic carbocycles. The fourth-order valence-corrected chi connectivity index (χ4v) is 2.96. The number of benzene rings is 3. The van der Waals surface area contributed by atoms with Gasteiger partial charge in [-0.3, -0.25) is 4.79 Å². The second-order valence-corrected chi connectivity index (χ2v) is 6.92. The van der Waals surface area contributed by atoms with Gasteiger partial charge >= 0.3 is 0 Å². The van der Waals surface area contributed by atoms with Crippen molar-refractivity contribution < 1.29 is 9.53 Å². The molecule has 1 unspecified atom stereocenters. The Hall–Kier alpha value is -2.56. The van der Waals surface area contributed by atoms with Gasteiger partial charge < -0.3 is 4.74 Å². The van der Waals surface area contributed by atoms with E-state index in [4.69, 9.17) is 27.9 Å². The molecule has 3 rings (SSSR count). The highest BCUT2D eigenvalue weighted by molar-refractivity contribution is 6.42. The normalized spacial score (nSPS) is 12.3. The predicted octanol–water partition coefficient (Wildman–Crippen LogP) is 5.41. The van der Waals surface area contributed by atoms with Crippen molar-refractivity contribution in [1.82, 2.24) is 5.43 Å². The monoisotopic (exact) mass is 400 g/mol. The van der Waals surface area contributed by atoms with Crippen LogP contribution >= 0.6 is 23.2 Å². The standard InChI is InChI=1S/C21H18Cl2N2O2/c1-13(15-4-5-17-11-18(27-2)7-6-16(17)10-15)21(26)25-24-12-14-3-8-19(22)20(23)9-14/h3-13H,1-2H3,(H,25,26)/b24-12+. The molecule has 3 aromatic rings. The second-order valence-electron chi connectivity index (χ2n) is 6.10. The quantitative estimate of drug-likeness (QED) is 0.459. The summed E-state index contributed by atoms with van der Waals surface area (Å²) in [6, 6.07) is 16.9. The first-order valence-corrected chi connectivity index (χ1v) is 9.09. The molecule has 0 saturated heterocycles. The van der Waals surface area contributed by atoms with E-state index in [-0.39, 0.29) is 11.8 Å². The maximum absolute atomic E-state index is 12.4. The Bertz CT molecular complexity index is 1020. The smallest absolute Gasteiger partial charge is 0.247 e. The van der Waals surface area contributed by atoms with E-state index >= 15 is 0 Å². The average molecular weight is 401 g/mol. The van der Waals surface area contributed by atoms with Gasteiger partial charge in [0.1, 0.15) is 5.75 Å². The first-order chi connectivity index (χ1) is 13.0. The van der Waals surface area contributed by atoms with E-state index in [2.05, 4.69) is 10.5 Å². The zero-order valence-electron chi connectivity index (χ0n) is 14.9. The number of methoxy groups -OCH3 is 1. The van der Waals surface area contributed by atoms with Crippen LogP contribution in [0.5, 0.6) is 5.75 Å². The van der Waals surface area contributed by atoms with Gasteiger partial charge in [-0.25, -0.2) is 5.43 Å². The number of nitrogens with one attached hydrogen (secondary N) is 1. The van der Waals surface area contributed by atoms with Crippen molar-refractivity contribution in [2.75, 3.05) is 7.11 Å². The molecule has 4 nitrogen and oxygen atoms in total. The summed E-state index contributed by atoms with van der Waals surface area (Å²) in [6.07, 6.45) is 1.53. The molecule has 0 aliphatic heterocycles. The summed E-state index contributed by atoms with van der Waals surface area (Å²) in [5, 5.41) is 7.02. The lowest BCUT2D eigenvalue weighted by atomic mass is 9.97. The summed E-state index contributed by atoms with van der Waals surface area (Å²) in [7, 11) is 1.64. The van der Waals surface area contributed by atoms with Crippen LogP contribution in [0.25, 0.3) is 10.8 Å². The fraction of sp³-hybridized carbons (Fsp3) is 0.143. The van der Waals surface area contributed by atoms with Crippen LogP contribution in [0.4, 0.5) is 0 Å². The van der Waals surface area contributed by atoms with E-state index in [1.807, 2.05) is 43.3 Å². The van der Waals surface area contributed by atoms with Gasteiger partial charge in [0.2, 0.25) is 5.91 Å². The number of rotatable bonds is 5. The second kappa shape index (κ2) is 8.42. The Kier molecular flexibility index (Phi) is 5.99. The minimum absolute atomic E-state index is 0.195. The van der Waals surface area contributed by atoms with Gasteiger partial charge in [0.25, 0.3) is 0 Å². The molecule has 1 atom stereocenters. The van der Waals surface area contributed by atoms with E-state index in [1.54, 1.807) is 25.3 Å². The zero-order valence-corrected chi connectivity index (χ0v) is 16.4. The van der Waals surface area contributed by atoms with Gasteiger partial charge in [-0.2, -0.15) is 5.10 Å². The van der Waals surface area contributed by atoms with Crippen molar-refractivity contribution >= 4 is 46.1 Å². The summed E-state index contributed by atoms with van der Waals surface area (Å²) in [6.45, 7) is 1.84. The molecule has 1 N–H and O–H groups in total. The Morgan fingerprint density at radius 1 is 1.04 bits per heavy atom. The maximum atomic E-state index is 12.4. The molecular weight excluding hydrogens is 383 g/mol. The zero-order chi connectivity index (χ0) is 19.4. The summed E-state index contributed by atoms with van der Waals surface area (Å²) in [5.41, 5.74) is 4.22. The van der Waals surface area contributed by atoms with Gasteiger partial charge in [-0.05, 0) is 53.1 Å². The molecule has 0 aromatic heterocycles. The summed E-state index contributed by atoms with van der Waals surface area (Å²) in [5.74, 6) is 0.263. The fourth-order valence-electron chi connectivity index (χ4n) is 2.65. The molecule has 0 saturated carbocycles. The molecule has 0 spiro atoms. The number of fused-ring (bicyclic) bond motifs is 1. The van der Waals surface area contributed by atoms with Crippen LogP contribution in [0.2, 0.25) is 10.0 Å². The topological polar surface area (TPSA) is 50.7 Å². The molecular formula is C21H18Cl2N2O2. The van der Waals surface area contributed by atoms with Crippen molar-refractivity contribution in [2.24, 2.45) is 5.10 Å². The number of halogens is 2. The Balaban J connectivity index is 1.70. The number of carbonyl (C=O) groups is 1. The molecule has 0 heterocycles. The van der Waals surface area contributed by atoms with Crippen LogP contribution in [0, 0.1) is 0 Å². The highest BCUT2D eigenvalue weighted by atomic mass is 35.5. The first kappa shape index (κ1) is 19.2. The number of hydrogen-bond donors (Lipinski definition) is 1. The van der Waals surface area contributed by atoms with Crippen molar-refractivity contribution in [3.05, 3.63) is 75.8 Å². The van der Waals surface area contributed by atoms with Gasteiger partial charge in [0, 0.05) is 0 Å². The van der Waals surface area contributed by atoms with E-state index in [0.717, 1.165) is 27.6 Å². The van der Waals surface area contributed by atoms with Gasteiger partial charge in [0.15, 0.2) is 0 Å². The van der Waals surface area contributed by atoms with Crippen LogP contribution in [-0.4, -0.2) is 19.2 Å². The van der Waals surface area contributed by atoms with Crippen molar-refractivity contribution in [2.45, 2.75) is 12.8 Å². The van der Waals surface area contributed by atoms with E-state index < -0.39 is 0 Å². The third kappa shape index (κ3) is 4.59. The van der Waals surface area contributed by atoms with Crippen molar-refractivity contribution in [3.63, 3.8) is 0 Å². The predicted molar refractivity (Wildman–Crippen MR) is 111 cm³/mol. The molecule has 6 heteroatoms. The van der Waals surface area contributed by atoms with E-state index in [9.17, 15) is 4.79 Å². The minimum atomic E-state index is -0.345. The van der Waals surface area contributed by atoms with Crippen LogP contribution in [0.1, 0.15) is 24.0 Å². The first-order valence-electron chi connectivity index (χ1n) is 8.33. The van der Waals surface area contributed by atoms with Gasteiger partial charge in [0.05, 0.1) is 29.3 Å². The summed E-state index contributed by atoms with van der Waals surface area (Å²) < 4.78 is 5.24. The SMILES string of the molecule is COc1ccc2cc(C(C)C(=O)N/N=C/c3ccc(Cl)c(Cl)c3)ccc2c1. The lowest BCUT2D eigenvalue weighted by Gasteiger charge is -2.11. The van der Waals surface area contributed by atoms with Gasteiger partial charge in [-0.1, -0.05) is 53.5 Å². The van der Waals surface area contributed by atoms with Crippen molar-refractivity contribution in [3.8, 4) is 5.75 Å². The lowest BCUT2D eigenvalue weighted by Crippen LogP contribution is -2.23. The largest absolute Gasteiger partial charge is 0.497 e. The highest BCUT2D eigenvalue weighted by Crippen LogP contribution is 2.25. The molecule has 0 bridgehead atoms. The van der Waals surface area contributed by atoms with Crippen LogP contribution < -0.4 is 10.2 Å². The Labute approximate surface area is 167 Å². The number of ether oxygens (including phenoxy) is 1. The van der Waals surface area contributed by atoms with Crippen LogP contribution in [0.15, 0.2) is 59.7 Å². The summed E-state index contributed by atoms with van der Waals surface area (Å²) in [4.78, 5) is 12.4. The molecule has 0 radical (unpaired) electrons. The molecule has 0 fully saturated rings. The molecule has 27 heavy (non-hydrogen) atoms. The van der Waals surface area contributed by atoms with Crippen LogP contribution in [-0.2, 0) is 4.79 Å². The third-order valence-electron chi connectivity index (χ3n) is 4.30. The molecule has 0 aliphatic rings. The molecule has 3 aromatic carbocycles. The van der Waals surface area contributed by atoms with Crippen molar-refractivity contribution in [1.29, 1.82) is 0 Å². The van der Waals surface area contributed by atoms with Gasteiger partial charge in [-0.15, -0.1) is 0 Å². The lowest BCUT2D eigenvalue weighted by molar-refractivity contribution is -0.122. The number of hydrogen-bond acceptors (Lipinski definition) is 3. The molecule has 138 valence electrons. The Morgan fingerprint density at radius 2 is 1.78 bits per heavy atom.